The quantitative estimate of drug-likeness (QED) is 0.651. The Kier molecular flexibility index (Phi) is 4.57. The summed E-state index contributed by atoms with van der Waals surface area (Å²) in [6.45, 7) is 0. The largest absolute Gasteiger partial charge is 0.457 e. The highest BCUT2D eigenvalue weighted by molar-refractivity contribution is 8.13. The van der Waals surface area contributed by atoms with Crippen molar-refractivity contribution in [3.05, 3.63) is 54.1 Å². The molecule has 0 amide bonds. The van der Waals surface area contributed by atoms with Crippen molar-refractivity contribution < 1.29 is 22.5 Å². The lowest BCUT2D eigenvalue weighted by Crippen LogP contribution is -2.04. The maximum Gasteiger partial charge on any atom is 0.416 e. The molecule has 112 valence electrons. The highest BCUT2D eigenvalue weighted by Gasteiger charge is 2.30. The molecule has 0 saturated carbocycles. The lowest BCUT2D eigenvalue weighted by Gasteiger charge is -2.09. The molecule has 0 saturated heterocycles. The Hall–Kier alpha value is -1.16. The summed E-state index contributed by atoms with van der Waals surface area (Å²) >= 11 is 11.0. The van der Waals surface area contributed by atoms with Gasteiger partial charge >= 0.3 is 6.18 Å². The molecule has 0 radical (unpaired) electrons. The smallest absolute Gasteiger partial charge is 0.416 e. The Bertz CT molecular complexity index is 663. The molecule has 2 aromatic carbocycles. The van der Waals surface area contributed by atoms with Crippen LogP contribution in [-0.2, 0) is 10.7 Å². The standard InChI is InChI=1S/C13H8Cl2F3O2P/c14-21(15,19)12-7-5-11(6-8-12)20-10-3-1-9(2-4-10)13(16,17)18/h1-8H. The van der Waals surface area contributed by atoms with Crippen molar-refractivity contribution >= 4 is 33.6 Å². The van der Waals surface area contributed by atoms with Gasteiger partial charge in [-0.15, -0.1) is 0 Å². The minimum absolute atomic E-state index is 0.246. The van der Waals surface area contributed by atoms with Crippen molar-refractivity contribution in [3.63, 3.8) is 0 Å². The summed E-state index contributed by atoms with van der Waals surface area (Å²) in [6.07, 6.45) is -4.39. The van der Waals surface area contributed by atoms with Gasteiger partial charge in [0, 0.05) is 5.30 Å². The molecule has 2 aromatic rings. The van der Waals surface area contributed by atoms with Crippen LogP contribution in [0, 0.1) is 0 Å². The Morgan fingerprint density at radius 1 is 0.857 bits per heavy atom. The van der Waals surface area contributed by atoms with E-state index in [9.17, 15) is 17.7 Å². The van der Waals surface area contributed by atoms with Crippen LogP contribution < -0.4 is 10.0 Å². The molecular weight excluding hydrogens is 347 g/mol. The summed E-state index contributed by atoms with van der Waals surface area (Å²) < 4.78 is 54.0. The summed E-state index contributed by atoms with van der Waals surface area (Å²) in [5.41, 5.74) is -0.754. The van der Waals surface area contributed by atoms with Crippen LogP contribution >= 0.6 is 28.3 Å². The van der Waals surface area contributed by atoms with Crippen molar-refractivity contribution in [3.8, 4) is 11.5 Å². The maximum absolute atomic E-state index is 12.4. The fraction of sp³-hybridized carbons (Fsp3) is 0.0769. The van der Waals surface area contributed by atoms with Crippen LogP contribution in [0.2, 0.25) is 0 Å². The van der Waals surface area contributed by atoms with Crippen molar-refractivity contribution in [1.29, 1.82) is 0 Å². The van der Waals surface area contributed by atoms with Crippen molar-refractivity contribution in [2.75, 3.05) is 0 Å². The summed E-state index contributed by atoms with van der Waals surface area (Å²) in [4.78, 5) is 0. The number of hydrogen-bond donors (Lipinski definition) is 0. The van der Waals surface area contributed by atoms with Gasteiger partial charge in [0.25, 0.3) is 5.85 Å². The summed E-state index contributed by atoms with van der Waals surface area (Å²) in [5.74, 6) is -2.77. The first-order chi connectivity index (χ1) is 9.66. The van der Waals surface area contributed by atoms with Gasteiger partial charge in [-0.05, 0) is 71.0 Å². The Labute approximate surface area is 128 Å². The molecule has 0 aliphatic carbocycles. The van der Waals surface area contributed by atoms with E-state index in [1.807, 2.05) is 0 Å². The monoisotopic (exact) mass is 354 g/mol. The van der Waals surface area contributed by atoms with Crippen LogP contribution in [0.15, 0.2) is 48.5 Å². The Morgan fingerprint density at radius 2 is 1.29 bits per heavy atom. The zero-order valence-corrected chi connectivity index (χ0v) is 12.7. The minimum atomic E-state index is -4.39. The molecule has 0 aromatic heterocycles. The van der Waals surface area contributed by atoms with Gasteiger partial charge in [-0.25, -0.2) is 0 Å². The number of benzene rings is 2. The van der Waals surface area contributed by atoms with Gasteiger partial charge in [0.2, 0.25) is 0 Å². The predicted octanol–water partition coefficient (Wildman–Crippen LogP) is 5.79. The average molecular weight is 355 g/mol. The molecule has 0 aliphatic rings. The molecule has 0 fully saturated rings. The van der Waals surface area contributed by atoms with E-state index in [4.69, 9.17) is 27.2 Å². The van der Waals surface area contributed by atoms with Crippen LogP contribution in [0.1, 0.15) is 5.56 Å². The van der Waals surface area contributed by atoms with E-state index in [2.05, 4.69) is 0 Å². The molecule has 0 atom stereocenters. The second kappa shape index (κ2) is 5.91. The van der Waals surface area contributed by atoms with Gasteiger partial charge in [-0.1, -0.05) is 0 Å². The fourth-order valence-electron chi connectivity index (χ4n) is 1.54. The maximum atomic E-state index is 12.4. The average Bonchev–Trinajstić information content (AvgIpc) is 2.38. The number of alkyl halides is 3. The molecule has 2 nitrogen and oxygen atoms in total. The highest BCUT2D eigenvalue weighted by Crippen LogP contribution is 2.55. The van der Waals surface area contributed by atoms with Gasteiger partial charge in [0.15, 0.2) is 0 Å². The molecule has 2 rings (SSSR count). The third-order valence-corrected chi connectivity index (χ3v) is 4.63. The Morgan fingerprint density at radius 3 is 1.67 bits per heavy atom. The molecular formula is C13H8Cl2F3O2P. The Balaban J connectivity index is 2.13. The molecule has 0 unspecified atom stereocenters. The first-order valence-electron chi connectivity index (χ1n) is 5.61. The number of halogens is 5. The van der Waals surface area contributed by atoms with E-state index < -0.39 is 17.6 Å². The normalized spacial score (nSPS) is 12.2. The van der Waals surface area contributed by atoms with E-state index in [1.54, 1.807) is 0 Å². The van der Waals surface area contributed by atoms with Gasteiger partial charge in [-0.3, -0.25) is 4.57 Å². The summed E-state index contributed by atoms with van der Waals surface area (Å²) in [5, 5.41) is 0.255. The molecule has 0 heterocycles. The fourth-order valence-corrected chi connectivity index (χ4v) is 2.71. The van der Waals surface area contributed by atoms with Crippen LogP contribution in [0.4, 0.5) is 13.2 Å². The van der Waals surface area contributed by atoms with E-state index in [1.165, 1.54) is 36.4 Å². The van der Waals surface area contributed by atoms with Crippen LogP contribution in [-0.4, -0.2) is 0 Å². The van der Waals surface area contributed by atoms with E-state index in [0.29, 0.717) is 5.75 Å². The predicted molar refractivity (Wildman–Crippen MR) is 76.9 cm³/mol. The van der Waals surface area contributed by atoms with Crippen molar-refractivity contribution in [2.24, 2.45) is 0 Å². The summed E-state index contributed by atoms with van der Waals surface area (Å²) in [6, 6.07) is 10.1. The highest BCUT2D eigenvalue weighted by atomic mass is 35.9. The number of rotatable bonds is 3. The van der Waals surface area contributed by atoms with Gasteiger partial charge in [-0.2, -0.15) is 13.2 Å². The molecule has 0 bridgehead atoms. The number of ether oxygens (including phenoxy) is 1. The number of hydrogen-bond acceptors (Lipinski definition) is 2. The zero-order valence-electron chi connectivity index (χ0n) is 10.3. The van der Waals surface area contributed by atoms with Crippen LogP contribution in [0.3, 0.4) is 0 Å². The van der Waals surface area contributed by atoms with Crippen molar-refractivity contribution in [1.82, 2.24) is 0 Å². The second-order valence-electron chi connectivity index (χ2n) is 4.08. The SMILES string of the molecule is O=P(Cl)(Cl)c1ccc(Oc2ccc(C(F)(F)F)cc2)cc1. The minimum Gasteiger partial charge on any atom is -0.457 e. The van der Waals surface area contributed by atoms with Crippen LogP contribution in [0.5, 0.6) is 11.5 Å². The molecule has 0 N–H and O–H groups in total. The molecule has 0 spiro atoms. The van der Waals surface area contributed by atoms with E-state index >= 15 is 0 Å². The van der Waals surface area contributed by atoms with E-state index in [-0.39, 0.29) is 11.1 Å². The zero-order chi connectivity index (χ0) is 15.7. The van der Waals surface area contributed by atoms with Gasteiger partial charge in [0.05, 0.1) is 5.56 Å². The first-order valence-corrected chi connectivity index (χ1v) is 9.13. The van der Waals surface area contributed by atoms with E-state index in [0.717, 1.165) is 12.1 Å². The first kappa shape index (κ1) is 16.2. The van der Waals surface area contributed by atoms with Gasteiger partial charge in [0.1, 0.15) is 11.5 Å². The lowest BCUT2D eigenvalue weighted by atomic mass is 10.2. The van der Waals surface area contributed by atoms with Gasteiger partial charge < -0.3 is 4.74 Å². The lowest BCUT2D eigenvalue weighted by molar-refractivity contribution is -0.137. The molecule has 8 heteroatoms. The second-order valence-corrected chi connectivity index (χ2v) is 8.90. The van der Waals surface area contributed by atoms with Crippen LogP contribution in [0.25, 0.3) is 0 Å². The third-order valence-electron chi connectivity index (χ3n) is 2.55. The van der Waals surface area contributed by atoms with Crippen molar-refractivity contribution in [2.45, 2.75) is 6.18 Å². The molecule has 21 heavy (non-hydrogen) atoms. The topological polar surface area (TPSA) is 26.3 Å². The summed E-state index contributed by atoms with van der Waals surface area (Å²) in [7, 11) is 0. The third kappa shape index (κ3) is 4.40. The molecule has 0 aliphatic heterocycles.